The van der Waals surface area contributed by atoms with Crippen LogP contribution in [0.3, 0.4) is 0 Å². The van der Waals surface area contributed by atoms with Gasteiger partial charge in [-0.15, -0.1) is 0 Å². The van der Waals surface area contributed by atoms with Crippen LogP contribution in [-0.4, -0.2) is 0 Å². The van der Waals surface area contributed by atoms with Crippen LogP contribution in [-0.2, 0) is 0 Å². The summed E-state index contributed by atoms with van der Waals surface area (Å²) in [6, 6.07) is 0. The van der Waals surface area contributed by atoms with E-state index in [1.165, 1.54) is 0 Å². The summed E-state index contributed by atoms with van der Waals surface area (Å²) in [5.74, 6) is 0. The highest BCUT2D eigenvalue weighted by Gasteiger charge is 1.92. The minimum absolute atomic E-state index is 0.966. The molecule has 0 atom stereocenters. The molecule has 17 heavy (non-hydrogen) atoms. The smallest absolute Gasteiger partial charge is 0.0383 e. The van der Waals surface area contributed by atoms with E-state index in [1.807, 2.05) is 62.5 Å². The number of hydrogen-bond acceptors (Lipinski definition) is 1. The monoisotopic (exact) mass is 227 g/mol. The van der Waals surface area contributed by atoms with Crippen LogP contribution in [0.4, 0.5) is 0 Å². The number of rotatable bonds is 7. The molecule has 1 N–H and O–H groups in total. The minimum atomic E-state index is 0.966. The summed E-state index contributed by atoms with van der Waals surface area (Å²) >= 11 is 0. The minimum Gasteiger partial charge on any atom is -0.356 e. The molecule has 0 heterocycles. The first-order valence-electron chi connectivity index (χ1n) is 5.63. The fourth-order valence-electron chi connectivity index (χ4n) is 1.12. The molecule has 0 rings (SSSR count). The first kappa shape index (κ1) is 15.0. The second-order valence-corrected chi connectivity index (χ2v) is 3.23. The first-order valence-corrected chi connectivity index (χ1v) is 5.63. The van der Waals surface area contributed by atoms with Gasteiger partial charge in [0, 0.05) is 11.4 Å². The zero-order valence-electron chi connectivity index (χ0n) is 10.7. The highest BCUT2D eigenvalue weighted by Crippen LogP contribution is 2.01. The zero-order chi connectivity index (χ0) is 12.9. The van der Waals surface area contributed by atoms with E-state index < -0.39 is 0 Å². The third-order valence-corrected chi connectivity index (χ3v) is 1.81. The van der Waals surface area contributed by atoms with Crippen molar-refractivity contribution < 1.29 is 0 Å². The van der Waals surface area contributed by atoms with Gasteiger partial charge in [-0.05, 0) is 38.2 Å². The second kappa shape index (κ2) is 10.5. The molecule has 90 valence electrons. The molecule has 0 aliphatic heterocycles. The highest BCUT2D eigenvalue weighted by molar-refractivity contribution is 5.32. The molecule has 0 radical (unpaired) electrons. The van der Waals surface area contributed by atoms with Gasteiger partial charge in [0.25, 0.3) is 0 Å². The van der Waals surface area contributed by atoms with Crippen molar-refractivity contribution in [3.63, 3.8) is 0 Å². The van der Waals surface area contributed by atoms with Crippen molar-refractivity contribution >= 4 is 0 Å². The molecule has 0 aliphatic rings. The second-order valence-electron chi connectivity index (χ2n) is 3.23. The van der Waals surface area contributed by atoms with Crippen molar-refractivity contribution in [1.82, 2.24) is 5.32 Å². The van der Waals surface area contributed by atoms with E-state index in [4.69, 9.17) is 0 Å². The standard InChI is InChI=1S/C16H21N/c1-5-9-13-15(11-7-3)17-16(12-8-4)14-10-6-2/h5-14,17H,1,3H2,2,4H3/b10-6-,12-8-,13-9-,15-11+,16-14+. The molecule has 0 fully saturated rings. The lowest BCUT2D eigenvalue weighted by Gasteiger charge is -2.07. The van der Waals surface area contributed by atoms with Crippen LogP contribution >= 0.6 is 0 Å². The molecule has 0 saturated carbocycles. The van der Waals surface area contributed by atoms with Crippen LogP contribution in [0.2, 0.25) is 0 Å². The van der Waals surface area contributed by atoms with E-state index in [-0.39, 0.29) is 0 Å². The van der Waals surface area contributed by atoms with Crippen molar-refractivity contribution in [2.75, 3.05) is 0 Å². The van der Waals surface area contributed by atoms with Gasteiger partial charge in [0.2, 0.25) is 0 Å². The Morgan fingerprint density at radius 1 is 0.824 bits per heavy atom. The molecule has 0 aromatic rings. The molecule has 0 spiro atoms. The lowest BCUT2D eigenvalue weighted by atomic mass is 10.2. The molecule has 0 amide bonds. The summed E-state index contributed by atoms with van der Waals surface area (Å²) < 4.78 is 0. The normalized spacial score (nSPS) is 13.8. The van der Waals surface area contributed by atoms with Crippen molar-refractivity contribution in [1.29, 1.82) is 0 Å². The van der Waals surface area contributed by atoms with Crippen molar-refractivity contribution in [2.45, 2.75) is 13.8 Å². The molecule has 0 aliphatic carbocycles. The first-order chi connectivity index (χ1) is 8.28. The summed E-state index contributed by atoms with van der Waals surface area (Å²) in [7, 11) is 0. The molecular formula is C16H21N. The Kier molecular flexibility index (Phi) is 9.25. The lowest BCUT2D eigenvalue weighted by Crippen LogP contribution is -2.09. The van der Waals surface area contributed by atoms with E-state index in [0.717, 1.165) is 11.4 Å². The Bertz CT molecular complexity index is 376. The van der Waals surface area contributed by atoms with Crippen molar-refractivity contribution in [3.05, 3.63) is 85.3 Å². The van der Waals surface area contributed by atoms with Gasteiger partial charge < -0.3 is 5.32 Å². The third-order valence-electron chi connectivity index (χ3n) is 1.81. The van der Waals surface area contributed by atoms with Crippen LogP contribution in [0.1, 0.15) is 13.8 Å². The SMILES string of the molecule is C=C/C=C\C(=C/C=C)NC(/C=C\C)=C/C=C\C. The van der Waals surface area contributed by atoms with Gasteiger partial charge in [-0.1, -0.05) is 49.6 Å². The number of allylic oxidation sites excluding steroid dienone is 10. The maximum absolute atomic E-state index is 3.70. The summed E-state index contributed by atoms with van der Waals surface area (Å²) in [6.07, 6.45) is 19.2. The topological polar surface area (TPSA) is 12.0 Å². The van der Waals surface area contributed by atoms with E-state index >= 15 is 0 Å². The van der Waals surface area contributed by atoms with Gasteiger partial charge >= 0.3 is 0 Å². The van der Waals surface area contributed by atoms with Crippen molar-refractivity contribution in [2.24, 2.45) is 0 Å². The zero-order valence-corrected chi connectivity index (χ0v) is 10.7. The predicted molar refractivity (Wildman–Crippen MR) is 78.5 cm³/mol. The lowest BCUT2D eigenvalue weighted by molar-refractivity contribution is 1.04. The predicted octanol–water partition coefficient (Wildman–Crippen LogP) is 4.42. The van der Waals surface area contributed by atoms with E-state index in [2.05, 4.69) is 18.5 Å². The molecule has 1 nitrogen and oxygen atoms in total. The van der Waals surface area contributed by atoms with Crippen molar-refractivity contribution in [3.8, 4) is 0 Å². The fourth-order valence-corrected chi connectivity index (χ4v) is 1.12. The van der Waals surface area contributed by atoms with Gasteiger partial charge in [-0.25, -0.2) is 0 Å². The molecule has 1 heteroatoms. The Balaban J connectivity index is 4.92. The highest BCUT2D eigenvalue weighted by atomic mass is 14.9. The Morgan fingerprint density at radius 3 is 2.06 bits per heavy atom. The van der Waals surface area contributed by atoms with Crippen LogP contribution < -0.4 is 5.32 Å². The maximum atomic E-state index is 3.70. The van der Waals surface area contributed by atoms with Gasteiger partial charge in [0.15, 0.2) is 0 Å². The molecule has 0 unspecified atom stereocenters. The van der Waals surface area contributed by atoms with Gasteiger partial charge in [-0.3, -0.25) is 0 Å². The van der Waals surface area contributed by atoms with Crippen LogP contribution in [0.5, 0.6) is 0 Å². The Hall–Kier alpha value is -2.02. The quantitative estimate of drug-likeness (QED) is 0.635. The number of hydrogen-bond donors (Lipinski definition) is 1. The van der Waals surface area contributed by atoms with Gasteiger partial charge in [0.1, 0.15) is 0 Å². The molecule has 0 saturated heterocycles. The molecular weight excluding hydrogens is 206 g/mol. The van der Waals surface area contributed by atoms with Gasteiger partial charge in [-0.2, -0.15) is 0 Å². The summed E-state index contributed by atoms with van der Waals surface area (Å²) in [5.41, 5.74) is 1.99. The largest absolute Gasteiger partial charge is 0.356 e. The Labute approximate surface area is 105 Å². The summed E-state index contributed by atoms with van der Waals surface area (Å²) in [6.45, 7) is 11.3. The molecule has 0 aromatic heterocycles. The average molecular weight is 227 g/mol. The number of nitrogens with one attached hydrogen (secondary N) is 1. The fraction of sp³-hybridized carbons (Fsp3) is 0.125. The van der Waals surface area contributed by atoms with E-state index in [0.29, 0.717) is 0 Å². The maximum Gasteiger partial charge on any atom is 0.0383 e. The molecule has 0 aromatic carbocycles. The Morgan fingerprint density at radius 2 is 1.53 bits per heavy atom. The van der Waals surface area contributed by atoms with Crippen LogP contribution in [0, 0.1) is 0 Å². The van der Waals surface area contributed by atoms with Crippen LogP contribution in [0.15, 0.2) is 85.3 Å². The molecule has 0 bridgehead atoms. The van der Waals surface area contributed by atoms with E-state index in [1.54, 1.807) is 12.2 Å². The summed E-state index contributed by atoms with van der Waals surface area (Å²) in [5, 5.41) is 3.30. The summed E-state index contributed by atoms with van der Waals surface area (Å²) in [4.78, 5) is 0. The average Bonchev–Trinajstić information content (AvgIpc) is 2.33. The third kappa shape index (κ3) is 7.86. The van der Waals surface area contributed by atoms with E-state index in [9.17, 15) is 0 Å². The van der Waals surface area contributed by atoms with Crippen LogP contribution in [0.25, 0.3) is 0 Å². The van der Waals surface area contributed by atoms with Gasteiger partial charge in [0.05, 0.1) is 0 Å².